The molecule has 1 aliphatic rings. The quantitative estimate of drug-likeness (QED) is 0.263. The largest absolute Gasteiger partial charge is 0.342 e. The highest BCUT2D eigenvalue weighted by Gasteiger charge is 2.34. The molecule has 8 heteroatoms. The summed E-state index contributed by atoms with van der Waals surface area (Å²) in [7, 11) is 0. The van der Waals surface area contributed by atoms with Crippen LogP contribution in [0.1, 0.15) is 11.1 Å². The highest BCUT2D eigenvalue weighted by molar-refractivity contribution is 7.80. The summed E-state index contributed by atoms with van der Waals surface area (Å²) in [4.78, 5) is 27.1. The molecule has 1 fully saturated rings. The van der Waals surface area contributed by atoms with E-state index < -0.39 is 17.6 Å². The Morgan fingerprint density at radius 1 is 0.941 bits per heavy atom. The van der Waals surface area contributed by atoms with E-state index in [0.29, 0.717) is 11.1 Å². The lowest BCUT2D eigenvalue weighted by Crippen LogP contribution is -2.54. The summed E-state index contributed by atoms with van der Waals surface area (Å²) < 4.78 is 29.9. The SMILES string of the molecule is O=C1NC(=S)N(c2cccc(F)c2)C(=O)/C1=C/c1cn(Cc2ccccc2F)c2ccccc12. The average molecular weight is 474 g/mol. The number of halogens is 2. The number of nitrogens with one attached hydrogen (secondary N) is 1. The van der Waals surface area contributed by atoms with Crippen molar-refractivity contribution in [2.75, 3.05) is 4.90 Å². The van der Waals surface area contributed by atoms with E-state index in [1.165, 1.54) is 36.4 Å². The van der Waals surface area contributed by atoms with E-state index in [1.807, 2.05) is 28.8 Å². The summed E-state index contributed by atoms with van der Waals surface area (Å²) in [5.41, 5.74) is 2.00. The fraction of sp³-hybridized carbons (Fsp3) is 0.0385. The van der Waals surface area contributed by atoms with Gasteiger partial charge in [-0.3, -0.25) is 19.8 Å². The number of aromatic nitrogens is 1. The Bertz CT molecular complexity index is 1510. The van der Waals surface area contributed by atoms with Crippen LogP contribution in [-0.4, -0.2) is 21.5 Å². The molecule has 3 aromatic carbocycles. The molecule has 34 heavy (non-hydrogen) atoms. The number of hydrogen-bond donors (Lipinski definition) is 1. The Hall–Kier alpha value is -4.17. The number of carbonyl (C=O) groups is 2. The van der Waals surface area contributed by atoms with Crippen molar-refractivity contribution in [2.45, 2.75) is 6.54 Å². The van der Waals surface area contributed by atoms with Gasteiger partial charge in [0.15, 0.2) is 5.11 Å². The van der Waals surface area contributed by atoms with Crippen LogP contribution in [-0.2, 0) is 16.1 Å². The molecule has 0 unspecified atom stereocenters. The van der Waals surface area contributed by atoms with Crippen LogP contribution >= 0.6 is 12.2 Å². The number of rotatable bonds is 4. The first-order valence-corrected chi connectivity index (χ1v) is 10.8. The lowest BCUT2D eigenvalue weighted by Gasteiger charge is -2.28. The third-order valence-electron chi connectivity index (χ3n) is 5.59. The van der Waals surface area contributed by atoms with E-state index in [4.69, 9.17) is 12.2 Å². The molecule has 1 aliphatic heterocycles. The van der Waals surface area contributed by atoms with E-state index in [1.54, 1.807) is 24.4 Å². The van der Waals surface area contributed by atoms with Gasteiger partial charge in [-0.1, -0.05) is 42.5 Å². The van der Waals surface area contributed by atoms with Crippen LogP contribution in [0.15, 0.2) is 84.6 Å². The second-order valence-corrected chi connectivity index (χ2v) is 8.15. The third kappa shape index (κ3) is 3.88. The molecule has 1 aromatic heterocycles. The van der Waals surface area contributed by atoms with Crippen LogP contribution in [0.3, 0.4) is 0 Å². The number of nitrogens with zero attached hydrogens (tertiary/aromatic N) is 2. The fourth-order valence-corrected chi connectivity index (χ4v) is 4.27. The molecule has 168 valence electrons. The molecule has 0 bridgehead atoms. The molecular formula is C26H17F2N3O2S. The maximum atomic E-state index is 14.3. The summed E-state index contributed by atoms with van der Waals surface area (Å²) >= 11 is 5.17. The van der Waals surface area contributed by atoms with Crippen molar-refractivity contribution >= 4 is 51.8 Å². The lowest BCUT2D eigenvalue weighted by atomic mass is 10.1. The van der Waals surface area contributed by atoms with Crippen molar-refractivity contribution in [1.29, 1.82) is 0 Å². The van der Waals surface area contributed by atoms with Crippen molar-refractivity contribution in [3.8, 4) is 0 Å². The normalized spacial score (nSPS) is 15.3. The monoisotopic (exact) mass is 473 g/mol. The first-order valence-electron chi connectivity index (χ1n) is 10.4. The highest BCUT2D eigenvalue weighted by atomic mass is 32.1. The topological polar surface area (TPSA) is 54.3 Å². The van der Waals surface area contributed by atoms with Gasteiger partial charge in [-0.05, 0) is 48.6 Å². The lowest BCUT2D eigenvalue weighted by molar-refractivity contribution is -0.122. The summed E-state index contributed by atoms with van der Waals surface area (Å²) in [6.07, 6.45) is 3.25. The van der Waals surface area contributed by atoms with Gasteiger partial charge < -0.3 is 4.57 Å². The maximum absolute atomic E-state index is 14.3. The highest BCUT2D eigenvalue weighted by Crippen LogP contribution is 2.27. The molecule has 1 saturated heterocycles. The Morgan fingerprint density at radius 2 is 1.71 bits per heavy atom. The number of fused-ring (bicyclic) bond motifs is 1. The molecule has 0 saturated carbocycles. The summed E-state index contributed by atoms with van der Waals surface area (Å²) in [6.45, 7) is 0.274. The smallest absolute Gasteiger partial charge is 0.270 e. The molecule has 2 amide bonds. The van der Waals surface area contributed by atoms with Gasteiger partial charge in [0.1, 0.15) is 17.2 Å². The van der Waals surface area contributed by atoms with Gasteiger partial charge in [0, 0.05) is 28.2 Å². The van der Waals surface area contributed by atoms with Crippen LogP contribution in [0.25, 0.3) is 17.0 Å². The van der Waals surface area contributed by atoms with E-state index in [2.05, 4.69) is 5.32 Å². The number of thiocarbonyl (C=S) groups is 1. The number of carbonyl (C=O) groups excluding carboxylic acids is 2. The number of anilines is 1. The van der Waals surface area contributed by atoms with Gasteiger partial charge >= 0.3 is 0 Å². The molecule has 5 nitrogen and oxygen atoms in total. The van der Waals surface area contributed by atoms with Gasteiger partial charge in [-0.15, -0.1) is 0 Å². The molecule has 0 atom stereocenters. The van der Waals surface area contributed by atoms with Crippen LogP contribution < -0.4 is 10.2 Å². The number of amides is 2. The minimum atomic E-state index is -0.662. The maximum Gasteiger partial charge on any atom is 0.270 e. The summed E-state index contributed by atoms with van der Waals surface area (Å²) in [6, 6.07) is 19.4. The van der Waals surface area contributed by atoms with E-state index in [9.17, 15) is 18.4 Å². The minimum absolute atomic E-state index is 0.125. The molecule has 0 aliphatic carbocycles. The van der Waals surface area contributed by atoms with Crippen molar-refractivity contribution < 1.29 is 18.4 Å². The first-order chi connectivity index (χ1) is 16.4. The van der Waals surface area contributed by atoms with Crippen molar-refractivity contribution in [3.05, 3.63) is 107 Å². The fourth-order valence-electron chi connectivity index (χ4n) is 3.99. The van der Waals surface area contributed by atoms with E-state index in [-0.39, 0.29) is 28.7 Å². The van der Waals surface area contributed by atoms with Gasteiger partial charge in [-0.2, -0.15) is 0 Å². The minimum Gasteiger partial charge on any atom is -0.342 e. The molecule has 0 spiro atoms. The zero-order chi connectivity index (χ0) is 23.8. The van der Waals surface area contributed by atoms with Gasteiger partial charge in [0.05, 0.1) is 12.2 Å². The predicted molar refractivity (Wildman–Crippen MR) is 130 cm³/mol. The average Bonchev–Trinajstić information content (AvgIpc) is 3.15. The van der Waals surface area contributed by atoms with E-state index >= 15 is 0 Å². The molecule has 5 rings (SSSR count). The van der Waals surface area contributed by atoms with Crippen LogP contribution in [0.4, 0.5) is 14.5 Å². The molecule has 4 aromatic rings. The first kappa shape index (κ1) is 21.7. The van der Waals surface area contributed by atoms with Crippen LogP contribution in [0, 0.1) is 11.6 Å². The van der Waals surface area contributed by atoms with Gasteiger partial charge in [0.25, 0.3) is 11.8 Å². The number of para-hydroxylation sites is 1. The summed E-state index contributed by atoms with van der Waals surface area (Å²) in [5, 5.41) is 3.16. The van der Waals surface area contributed by atoms with Crippen molar-refractivity contribution in [2.24, 2.45) is 0 Å². The number of benzene rings is 3. The predicted octanol–water partition coefficient (Wildman–Crippen LogP) is 4.80. The standard InChI is InChI=1S/C26H17F2N3O2S/c27-18-7-5-8-19(13-18)31-25(33)21(24(32)29-26(31)34)12-17-15-30(23-11-4-2-9-20(17)23)14-16-6-1-3-10-22(16)28/h1-13,15H,14H2,(H,29,32,34)/b21-12+. The molecular weight excluding hydrogens is 456 g/mol. The Labute approximate surface area is 198 Å². The zero-order valence-corrected chi connectivity index (χ0v) is 18.5. The summed E-state index contributed by atoms with van der Waals surface area (Å²) in [5.74, 6) is -2.16. The Balaban J connectivity index is 1.58. The Morgan fingerprint density at radius 3 is 2.50 bits per heavy atom. The van der Waals surface area contributed by atoms with Gasteiger partial charge in [0.2, 0.25) is 0 Å². The molecule has 2 heterocycles. The second-order valence-electron chi connectivity index (χ2n) is 7.76. The second kappa shape index (κ2) is 8.64. The molecule has 0 radical (unpaired) electrons. The third-order valence-corrected chi connectivity index (χ3v) is 5.87. The van der Waals surface area contributed by atoms with Gasteiger partial charge in [-0.25, -0.2) is 8.78 Å². The number of hydrogen-bond acceptors (Lipinski definition) is 3. The van der Waals surface area contributed by atoms with E-state index in [0.717, 1.165) is 15.8 Å². The zero-order valence-electron chi connectivity index (χ0n) is 17.7. The van der Waals surface area contributed by atoms with Crippen LogP contribution in [0.5, 0.6) is 0 Å². The van der Waals surface area contributed by atoms with Crippen LogP contribution in [0.2, 0.25) is 0 Å². The van der Waals surface area contributed by atoms with Crippen molar-refractivity contribution in [1.82, 2.24) is 9.88 Å². The molecule has 1 N–H and O–H groups in total. The van der Waals surface area contributed by atoms with Crippen molar-refractivity contribution in [3.63, 3.8) is 0 Å². The Kier molecular flexibility index (Phi) is 5.51.